The van der Waals surface area contributed by atoms with Gasteiger partial charge < -0.3 is 14.4 Å². The van der Waals surface area contributed by atoms with Gasteiger partial charge in [-0.3, -0.25) is 0 Å². The minimum atomic E-state index is -0.589. The van der Waals surface area contributed by atoms with Crippen molar-refractivity contribution in [2.24, 2.45) is 0 Å². The van der Waals surface area contributed by atoms with Gasteiger partial charge in [0.25, 0.3) is 0 Å². The molecule has 1 aromatic heterocycles. The first-order chi connectivity index (χ1) is 12.1. The smallest absolute Gasteiger partial charge is 0.119 e. The van der Waals surface area contributed by atoms with Crippen LogP contribution in [-0.2, 0) is 13.0 Å². The Bertz CT molecular complexity index is 834. The maximum absolute atomic E-state index is 10.5. The van der Waals surface area contributed by atoms with Gasteiger partial charge in [0.2, 0.25) is 0 Å². The van der Waals surface area contributed by atoms with Crippen LogP contribution >= 0.6 is 0 Å². The van der Waals surface area contributed by atoms with Crippen molar-refractivity contribution < 1.29 is 9.84 Å². The molecule has 25 heavy (non-hydrogen) atoms. The Morgan fingerprint density at radius 1 is 1.12 bits per heavy atom. The van der Waals surface area contributed by atoms with Crippen LogP contribution in [-0.4, -0.2) is 27.4 Å². The number of aliphatic hydroxyl groups excluding tert-OH is 1. The molecule has 3 aromatic rings. The second-order valence-corrected chi connectivity index (χ2v) is 6.67. The number of imidazole rings is 1. The van der Waals surface area contributed by atoms with Crippen molar-refractivity contribution in [3.8, 4) is 5.75 Å². The maximum atomic E-state index is 10.5. The quantitative estimate of drug-likeness (QED) is 0.707. The van der Waals surface area contributed by atoms with Crippen LogP contribution in [0.4, 0.5) is 0 Å². The molecule has 0 amide bonds. The van der Waals surface area contributed by atoms with E-state index in [9.17, 15) is 5.11 Å². The molecule has 0 fully saturated rings. The molecule has 1 N–H and O–H groups in total. The van der Waals surface area contributed by atoms with Gasteiger partial charge in [-0.05, 0) is 55.7 Å². The number of aromatic nitrogens is 2. The molecule has 132 valence electrons. The molecule has 0 radical (unpaired) electrons. The third-order valence-electron chi connectivity index (χ3n) is 4.24. The summed E-state index contributed by atoms with van der Waals surface area (Å²) >= 11 is 0. The average Bonchev–Trinajstić information content (AvgIpc) is 2.90. The van der Waals surface area contributed by atoms with Gasteiger partial charge in [-0.25, -0.2) is 4.98 Å². The summed E-state index contributed by atoms with van der Waals surface area (Å²) in [5.41, 5.74) is 4.37. The van der Waals surface area contributed by atoms with Crippen molar-refractivity contribution in [2.45, 2.75) is 46.3 Å². The Balaban J connectivity index is 1.73. The first kappa shape index (κ1) is 17.5. The molecule has 3 rings (SSSR count). The number of nitrogens with zero attached hydrogens (tertiary/aromatic N) is 2. The summed E-state index contributed by atoms with van der Waals surface area (Å²) in [6.07, 6.45) is 1.34. The van der Waals surface area contributed by atoms with Gasteiger partial charge in [0.05, 0.1) is 17.6 Å². The number of para-hydroxylation sites is 2. The van der Waals surface area contributed by atoms with E-state index in [-0.39, 0.29) is 6.61 Å². The van der Waals surface area contributed by atoms with Crippen LogP contribution in [0.3, 0.4) is 0 Å². The number of hydrogen-bond donors (Lipinski definition) is 1. The Morgan fingerprint density at radius 3 is 2.56 bits per heavy atom. The summed E-state index contributed by atoms with van der Waals surface area (Å²) < 4.78 is 7.93. The molecule has 0 bridgehead atoms. The van der Waals surface area contributed by atoms with E-state index in [0.717, 1.165) is 46.6 Å². The molecule has 0 aliphatic rings. The molecule has 0 spiro atoms. The number of hydrogen-bond acceptors (Lipinski definition) is 3. The van der Waals surface area contributed by atoms with Gasteiger partial charge in [-0.1, -0.05) is 25.1 Å². The van der Waals surface area contributed by atoms with Gasteiger partial charge in [0.15, 0.2) is 0 Å². The van der Waals surface area contributed by atoms with E-state index < -0.39 is 6.10 Å². The summed E-state index contributed by atoms with van der Waals surface area (Å²) in [6, 6.07) is 14.2. The van der Waals surface area contributed by atoms with E-state index in [2.05, 4.69) is 23.6 Å². The minimum absolute atomic E-state index is 0.265. The maximum Gasteiger partial charge on any atom is 0.119 e. The largest absolute Gasteiger partial charge is 0.491 e. The lowest BCUT2D eigenvalue weighted by Crippen LogP contribution is -2.24. The van der Waals surface area contributed by atoms with Gasteiger partial charge in [0.1, 0.15) is 24.3 Å². The molecule has 0 aliphatic carbocycles. The standard InChI is InChI=1S/C21H26N2O2/c1-4-7-21-22-19-8-5-6-9-20(19)23(21)13-17(24)14-25-18-11-15(2)10-16(3)12-18/h5-6,8-12,17,24H,4,7,13-14H2,1-3H3/t17-/m0/s1. The van der Waals surface area contributed by atoms with Crippen LogP contribution < -0.4 is 4.74 Å². The van der Waals surface area contributed by atoms with Crippen molar-refractivity contribution in [3.63, 3.8) is 0 Å². The molecule has 0 unspecified atom stereocenters. The summed E-state index contributed by atoms with van der Waals surface area (Å²) in [5.74, 6) is 1.83. The van der Waals surface area contributed by atoms with Crippen molar-refractivity contribution >= 4 is 11.0 Å². The van der Waals surface area contributed by atoms with Crippen LogP contribution in [0.2, 0.25) is 0 Å². The zero-order chi connectivity index (χ0) is 17.8. The number of fused-ring (bicyclic) bond motifs is 1. The second kappa shape index (κ2) is 7.70. The van der Waals surface area contributed by atoms with Crippen LogP contribution in [0.15, 0.2) is 42.5 Å². The number of rotatable bonds is 7. The van der Waals surface area contributed by atoms with E-state index in [1.54, 1.807) is 0 Å². The highest BCUT2D eigenvalue weighted by atomic mass is 16.5. The Kier molecular flexibility index (Phi) is 5.39. The highest BCUT2D eigenvalue weighted by molar-refractivity contribution is 5.75. The first-order valence-corrected chi connectivity index (χ1v) is 8.90. The molecule has 4 heteroatoms. The highest BCUT2D eigenvalue weighted by Crippen LogP contribution is 2.19. The summed E-state index contributed by atoms with van der Waals surface area (Å²) in [5, 5.41) is 10.5. The molecule has 0 saturated heterocycles. The van der Waals surface area contributed by atoms with Crippen molar-refractivity contribution in [3.05, 3.63) is 59.4 Å². The lowest BCUT2D eigenvalue weighted by Gasteiger charge is -2.16. The van der Waals surface area contributed by atoms with Crippen LogP contribution in [0, 0.1) is 13.8 Å². The average molecular weight is 338 g/mol. The van der Waals surface area contributed by atoms with Crippen LogP contribution in [0.25, 0.3) is 11.0 Å². The van der Waals surface area contributed by atoms with E-state index in [1.807, 2.05) is 44.2 Å². The van der Waals surface area contributed by atoms with Crippen molar-refractivity contribution in [1.29, 1.82) is 0 Å². The summed E-state index contributed by atoms with van der Waals surface area (Å²) in [4.78, 5) is 4.71. The molecule has 1 heterocycles. The molecule has 2 aromatic carbocycles. The van der Waals surface area contributed by atoms with E-state index in [0.29, 0.717) is 6.54 Å². The molecular weight excluding hydrogens is 312 g/mol. The third-order valence-corrected chi connectivity index (χ3v) is 4.24. The topological polar surface area (TPSA) is 47.3 Å². The second-order valence-electron chi connectivity index (χ2n) is 6.67. The summed E-state index contributed by atoms with van der Waals surface area (Å²) in [6.45, 7) is 6.99. The fourth-order valence-corrected chi connectivity index (χ4v) is 3.22. The van der Waals surface area contributed by atoms with Crippen molar-refractivity contribution in [1.82, 2.24) is 9.55 Å². The highest BCUT2D eigenvalue weighted by Gasteiger charge is 2.14. The van der Waals surface area contributed by atoms with E-state index >= 15 is 0 Å². The van der Waals surface area contributed by atoms with Crippen LogP contribution in [0.1, 0.15) is 30.3 Å². The number of aryl methyl sites for hydroxylation is 3. The Morgan fingerprint density at radius 2 is 1.84 bits per heavy atom. The Labute approximate surface area is 149 Å². The predicted molar refractivity (Wildman–Crippen MR) is 101 cm³/mol. The van der Waals surface area contributed by atoms with E-state index in [1.165, 1.54) is 0 Å². The predicted octanol–water partition coefficient (Wildman–Crippen LogP) is 4.05. The van der Waals surface area contributed by atoms with E-state index in [4.69, 9.17) is 9.72 Å². The van der Waals surface area contributed by atoms with Gasteiger partial charge >= 0.3 is 0 Å². The fraction of sp³-hybridized carbons (Fsp3) is 0.381. The lowest BCUT2D eigenvalue weighted by atomic mass is 10.1. The Hall–Kier alpha value is -2.33. The normalized spacial score (nSPS) is 12.5. The molecule has 0 saturated carbocycles. The van der Waals surface area contributed by atoms with Gasteiger partial charge in [-0.15, -0.1) is 0 Å². The fourth-order valence-electron chi connectivity index (χ4n) is 3.22. The molecule has 1 atom stereocenters. The first-order valence-electron chi connectivity index (χ1n) is 8.90. The number of aliphatic hydroxyl groups is 1. The zero-order valence-corrected chi connectivity index (χ0v) is 15.2. The summed E-state index contributed by atoms with van der Waals surface area (Å²) in [7, 11) is 0. The SMILES string of the molecule is CCCc1nc2ccccc2n1C[C@H](O)COc1cc(C)cc(C)c1. The molecular formula is C21H26N2O2. The zero-order valence-electron chi connectivity index (χ0n) is 15.2. The molecule has 0 aliphatic heterocycles. The number of ether oxygens (including phenoxy) is 1. The monoisotopic (exact) mass is 338 g/mol. The van der Waals surface area contributed by atoms with Crippen molar-refractivity contribution in [2.75, 3.05) is 6.61 Å². The molecule has 4 nitrogen and oxygen atoms in total. The lowest BCUT2D eigenvalue weighted by molar-refractivity contribution is 0.0926. The van der Waals surface area contributed by atoms with Gasteiger partial charge in [0, 0.05) is 6.42 Å². The minimum Gasteiger partial charge on any atom is -0.491 e. The number of benzene rings is 2. The van der Waals surface area contributed by atoms with Gasteiger partial charge in [-0.2, -0.15) is 0 Å². The van der Waals surface area contributed by atoms with Crippen LogP contribution in [0.5, 0.6) is 5.75 Å². The third kappa shape index (κ3) is 4.20.